The molecule has 0 saturated heterocycles. The van der Waals surface area contributed by atoms with Crippen LogP contribution >= 0.6 is 12.2 Å². The van der Waals surface area contributed by atoms with Crippen LogP contribution < -0.4 is 4.90 Å². The van der Waals surface area contributed by atoms with Crippen molar-refractivity contribution >= 4 is 18.2 Å². The van der Waals surface area contributed by atoms with Crippen molar-refractivity contribution in [2.75, 3.05) is 25.1 Å². The number of rotatable bonds is 9. The Morgan fingerprint density at radius 2 is 2.04 bits per heavy atom. The SMILES string of the molecule is CN(CCCOCc1ccccc1)c1ncn(Cc2ccco2)c(=S)n1. The van der Waals surface area contributed by atoms with E-state index in [2.05, 4.69) is 22.1 Å². The van der Waals surface area contributed by atoms with Crippen molar-refractivity contribution in [2.24, 2.45) is 0 Å². The number of anilines is 1. The van der Waals surface area contributed by atoms with Crippen LogP contribution in [-0.2, 0) is 17.9 Å². The second-order valence-electron chi connectivity index (χ2n) is 5.96. The van der Waals surface area contributed by atoms with Crippen molar-refractivity contribution in [1.82, 2.24) is 14.5 Å². The van der Waals surface area contributed by atoms with Gasteiger partial charge >= 0.3 is 0 Å². The molecule has 0 aliphatic carbocycles. The third-order valence-electron chi connectivity index (χ3n) is 3.90. The van der Waals surface area contributed by atoms with E-state index in [9.17, 15) is 0 Å². The Hall–Kier alpha value is -2.51. The Morgan fingerprint density at radius 3 is 2.77 bits per heavy atom. The molecule has 26 heavy (non-hydrogen) atoms. The highest BCUT2D eigenvalue weighted by Gasteiger charge is 2.06. The van der Waals surface area contributed by atoms with E-state index in [1.165, 1.54) is 5.56 Å². The second-order valence-corrected chi connectivity index (χ2v) is 6.32. The van der Waals surface area contributed by atoms with Crippen LogP contribution in [0.3, 0.4) is 0 Å². The summed E-state index contributed by atoms with van der Waals surface area (Å²) in [5.41, 5.74) is 1.18. The Labute approximate surface area is 158 Å². The molecule has 0 saturated carbocycles. The van der Waals surface area contributed by atoms with Gasteiger partial charge in [0.1, 0.15) is 12.1 Å². The highest BCUT2D eigenvalue weighted by Crippen LogP contribution is 2.08. The summed E-state index contributed by atoms with van der Waals surface area (Å²) in [5, 5.41) is 0. The summed E-state index contributed by atoms with van der Waals surface area (Å²) in [7, 11) is 1.96. The molecule has 6 nitrogen and oxygen atoms in total. The van der Waals surface area contributed by atoms with Gasteiger partial charge in [0.05, 0.1) is 19.4 Å². The molecule has 0 N–H and O–H groups in total. The van der Waals surface area contributed by atoms with E-state index < -0.39 is 0 Å². The van der Waals surface area contributed by atoms with Gasteiger partial charge in [0.2, 0.25) is 10.7 Å². The lowest BCUT2D eigenvalue weighted by molar-refractivity contribution is 0.119. The van der Waals surface area contributed by atoms with Crippen LogP contribution in [0, 0.1) is 4.77 Å². The van der Waals surface area contributed by atoms with Crippen LogP contribution in [0.2, 0.25) is 0 Å². The first-order valence-electron chi connectivity index (χ1n) is 8.51. The lowest BCUT2D eigenvalue weighted by atomic mass is 10.2. The third kappa shape index (κ3) is 5.24. The number of hydrogen-bond donors (Lipinski definition) is 0. The normalized spacial score (nSPS) is 10.8. The molecule has 0 radical (unpaired) electrons. The molecule has 0 fully saturated rings. The smallest absolute Gasteiger partial charge is 0.229 e. The van der Waals surface area contributed by atoms with E-state index in [-0.39, 0.29) is 0 Å². The van der Waals surface area contributed by atoms with Gasteiger partial charge in [-0.15, -0.1) is 0 Å². The number of ether oxygens (including phenoxy) is 1. The lowest BCUT2D eigenvalue weighted by Crippen LogP contribution is -2.23. The predicted octanol–water partition coefficient (Wildman–Crippen LogP) is 3.69. The van der Waals surface area contributed by atoms with Gasteiger partial charge in [-0.05, 0) is 36.3 Å². The average molecular weight is 370 g/mol. The van der Waals surface area contributed by atoms with Gasteiger partial charge < -0.3 is 14.1 Å². The van der Waals surface area contributed by atoms with Gasteiger partial charge in [-0.1, -0.05) is 30.3 Å². The van der Waals surface area contributed by atoms with E-state index in [0.29, 0.717) is 30.5 Å². The fraction of sp³-hybridized carbons (Fsp3) is 0.316. The van der Waals surface area contributed by atoms with Gasteiger partial charge in [-0.25, -0.2) is 4.98 Å². The molecule has 2 heterocycles. The standard InChI is InChI=1S/C19H22N4O2S/c1-22(10-6-11-24-14-16-7-3-2-4-8-16)18-20-15-23(19(26)21-18)13-17-9-5-12-25-17/h2-5,7-9,12,15H,6,10-11,13-14H2,1H3. The minimum absolute atomic E-state index is 0.485. The fourth-order valence-electron chi connectivity index (χ4n) is 2.48. The predicted molar refractivity (Wildman–Crippen MR) is 103 cm³/mol. The van der Waals surface area contributed by atoms with Crippen LogP contribution in [0.15, 0.2) is 59.5 Å². The van der Waals surface area contributed by atoms with E-state index in [1.807, 2.05) is 42.3 Å². The van der Waals surface area contributed by atoms with Gasteiger partial charge in [0.15, 0.2) is 0 Å². The monoisotopic (exact) mass is 370 g/mol. The summed E-state index contributed by atoms with van der Waals surface area (Å²) in [6, 6.07) is 13.9. The number of furan rings is 1. The minimum atomic E-state index is 0.485. The van der Waals surface area contributed by atoms with E-state index in [0.717, 1.165) is 18.7 Å². The Bertz CT molecular complexity index is 849. The van der Waals surface area contributed by atoms with Crippen LogP contribution in [0.5, 0.6) is 0 Å². The Kier molecular flexibility index (Phi) is 6.51. The maximum Gasteiger partial charge on any atom is 0.229 e. The van der Waals surface area contributed by atoms with Crippen LogP contribution in [0.25, 0.3) is 0 Å². The van der Waals surface area contributed by atoms with Crippen LogP contribution in [0.4, 0.5) is 5.95 Å². The minimum Gasteiger partial charge on any atom is -0.467 e. The zero-order chi connectivity index (χ0) is 18.2. The fourth-order valence-corrected chi connectivity index (χ4v) is 2.67. The number of aromatic nitrogens is 3. The molecular formula is C19H22N4O2S. The number of benzene rings is 1. The first-order valence-corrected chi connectivity index (χ1v) is 8.92. The molecular weight excluding hydrogens is 348 g/mol. The average Bonchev–Trinajstić information content (AvgIpc) is 3.17. The zero-order valence-electron chi connectivity index (χ0n) is 14.7. The summed E-state index contributed by atoms with van der Waals surface area (Å²) in [5.74, 6) is 1.44. The topological polar surface area (TPSA) is 56.3 Å². The zero-order valence-corrected chi connectivity index (χ0v) is 15.6. The highest BCUT2D eigenvalue weighted by atomic mass is 32.1. The molecule has 0 aliphatic rings. The maximum absolute atomic E-state index is 5.70. The van der Waals surface area contributed by atoms with E-state index in [4.69, 9.17) is 21.4 Å². The van der Waals surface area contributed by atoms with Crippen LogP contribution in [-0.4, -0.2) is 34.7 Å². The van der Waals surface area contributed by atoms with Crippen molar-refractivity contribution in [2.45, 2.75) is 19.6 Å². The van der Waals surface area contributed by atoms with Crippen molar-refractivity contribution in [3.63, 3.8) is 0 Å². The highest BCUT2D eigenvalue weighted by molar-refractivity contribution is 7.71. The molecule has 0 aliphatic heterocycles. The summed E-state index contributed by atoms with van der Waals surface area (Å²) >= 11 is 5.36. The van der Waals surface area contributed by atoms with Crippen molar-refractivity contribution in [3.8, 4) is 0 Å². The molecule has 1 aromatic carbocycles. The van der Waals surface area contributed by atoms with Crippen molar-refractivity contribution in [1.29, 1.82) is 0 Å². The Morgan fingerprint density at radius 1 is 1.19 bits per heavy atom. The summed E-state index contributed by atoms with van der Waals surface area (Å²) in [6.07, 6.45) is 4.23. The second kappa shape index (κ2) is 9.26. The first kappa shape index (κ1) is 18.3. The van der Waals surface area contributed by atoms with E-state index in [1.54, 1.807) is 17.2 Å². The Balaban J connectivity index is 1.45. The first-order chi connectivity index (χ1) is 12.7. The van der Waals surface area contributed by atoms with Gasteiger partial charge in [0.25, 0.3) is 0 Å². The molecule has 0 atom stereocenters. The van der Waals surface area contributed by atoms with Gasteiger partial charge in [-0.2, -0.15) is 4.98 Å². The number of hydrogen-bond acceptors (Lipinski definition) is 6. The molecule has 0 unspecified atom stereocenters. The largest absolute Gasteiger partial charge is 0.467 e. The third-order valence-corrected chi connectivity index (χ3v) is 4.22. The quantitative estimate of drug-likeness (QED) is 0.423. The molecule has 2 aromatic heterocycles. The van der Waals surface area contributed by atoms with Crippen molar-refractivity contribution < 1.29 is 9.15 Å². The summed E-state index contributed by atoms with van der Waals surface area (Å²) < 4.78 is 13.3. The molecule has 0 spiro atoms. The molecule has 3 aromatic rings. The van der Waals surface area contributed by atoms with Gasteiger partial charge in [0, 0.05) is 20.2 Å². The van der Waals surface area contributed by atoms with Crippen LogP contribution in [0.1, 0.15) is 17.7 Å². The molecule has 7 heteroatoms. The lowest BCUT2D eigenvalue weighted by Gasteiger charge is -2.17. The molecule has 3 rings (SSSR count). The summed E-state index contributed by atoms with van der Waals surface area (Å²) in [4.78, 5) is 10.8. The summed E-state index contributed by atoms with van der Waals surface area (Å²) in [6.45, 7) is 2.65. The maximum atomic E-state index is 5.70. The molecule has 0 bridgehead atoms. The molecule has 136 valence electrons. The molecule has 0 amide bonds. The van der Waals surface area contributed by atoms with Gasteiger partial charge in [-0.3, -0.25) is 4.57 Å². The van der Waals surface area contributed by atoms with Crippen molar-refractivity contribution in [3.05, 3.63) is 71.1 Å². The van der Waals surface area contributed by atoms with E-state index >= 15 is 0 Å². The number of nitrogens with zero attached hydrogens (tertiary/aromatic N) is 4.